The maximum absolute atomic E-state index is 13.1. The highest BCUT2D eigenvalue weighted by atomic mass is 16.2. The Morgan fingerprint density at radius 1 is 1.00 bits per heavy atom. The number of aromatic nitrogens is 3. The van der Waals surface area contributed by atoms with Crippen molar-refractivity contribution in [3.63, 3.8) is 0 Å². The molecule has 0 radical (unpaired) electrons. The molecular weight excluding hydrogens is 546 g/mol. The van der Waals surface area contributed by atoms with Crippen LogP contribution in [0.2, 0.25) is 0 Å². The summed E-state index contributed by atoms with van der Waals surface area (Å²) in [5.74, 6) is -0.830. The van der Waals surface area contributed by atoms with E-state index in [1.165, 1.54) is 0 Å². The van der Waals surface area contributed by atoms with Crippen LogP contribution in [0, 0.1) is 5.92 Å². The third-order valence-electron chi connectivity index (χ3n) is 9.29. The Morgan fingerprint density at radius 2 is 1.86 bits per heavy atom. The van der Waals surface area contributed by atoms with Crippen LogP contribution in [0.3, 0.4) is 0 Å². The van der Waals surface area contributed by atoms with E-state index in [2.05, 4.69) is 50.1 Å². The predicted octanol–water partition coefficient (Wildman–Crippen LogP) is 3.27. The number of carbonyl (C=O) groups excluding carboxylic acids is 4. The standard InChI is InChI=1S/C32H35N7O4/c40-29-9-8-28(30(41)37-29)39-31(42)24-7-6-22(15-25(24)32(39)43)34-11-2-3-19-13-23(14-19)38-18-21(17-35-38)27-5-1-4-26(36-27)20-10-12-33-16-20/h1,4-7,15,17-20,23,28,33-34H,2-3,8-14,16H2,(H,37,40,41). The fraction of sp³-hybridized carbons (Fsp3) is 0.438. The van der Waals surface area contributed by atoms with E-state index in [1.54, 1.807) is 18.2 Å². The summed E-state index contributed by atoms with van der Waals surface area (Å²) >= 11 is 0. The van der Waals surface area contributed by atoms with Gasteiger partial charge in [-0.2, -0.15) is 5.10 Å². The Bertz CT molecular complexity index is 1590. The summed E-state index contributed by atoms with van der Waals surface area (Å²) in [6.45, 7) is 2.80. The van der Waals surface area contributed by atoms with Crippen molar-refractivity contribution in [3.05, 3.63) is 65.6 Å². The number of benzene rings is 1. The Morgan fingerprint density at radius 3 is 2.67 bits per heavy atom. The quantitative estimate of drug-likeness (QED) is 0.259. The van der Waals surface area contributed by atoms with Crippen LogP contribution in [0.25, 0.3) is 11.3 Å². The van der Waals surface area contributed by atoms with E-state index in [-0.39, 0.29) is 29.9 Å². The number of carbonyl (C=O) groups is 4. The first-order chi connectivity index (χ1) is 20.9. The second kappa shape index (κ2) is 11.4. The lowest BCUT2D eigenvalue weighted by Crippen LogP contribution is -2.54. The zero-order valence-corrected chi connectivity index (χ0v) is 23.9. The number of hydrogen-bond donors (Lipinski definition) is 3. The number of amides is 4. The smallest absolute Gasteiger partial charge is 0.262 e. The molecular formula is C32H35N7O4. The molecule has 3 aromatic rings. The van der Waals surface area contributed by atoms with E-state index in [0.717, 1.165) is 79.3 Å². The molecule has 3 aliphatic heterocycles. The monoisotopic (exact) mass is 581 g/mol. The van der Waals surface area contributed by atoms with Gasteiger partial charge in [0.1, 0.15) is 6.04 Å². The van der Waals surface area contributed by atoms with Crippen LogP contribution in [0.15, 0.2) is 48.8 Å². The second-order valence-corrected chi connectivity index (χ2v) is 12.1. The van der Waals surface area contributed by atoms with Crippen LogP contribution < -0.4 is 16.0 Å². The largest absolute Gasteiger partial charge is 0.385 e. The first kappa shape index (κ1) is 27.5. The molecule has 1 saturated carbocycles. The highest BCUT2D eigenvalue weighted by Gasteiger charge is 2.44. The molecule has 43 heavy (non-hydrogen) atoms. The number of nitrogens with zero attached hydrogens (tertiary/aromatic N) is 4. The summed E-state index contributed by atoms with van der Waals surface area (Å²) in [6.07, 6.45) is 9.73. The molecule has 11 nitrogen and oxygen atoms in total. The molecule has 7 rings (SSSR count). The summed E-state index contributed by atoms with van der Waals surface area (Å²) in [5, 5.41) is 13.7. The molecule has 1 aliphatic carbocycles. The van der Waals surface area contributed by atoms with Crippen molar-refractivity contribution in [1.82, 2.24) is 30.3 Å². The molecule has 0 bridgehead atoms. The Balaban J connectivity index is 0.877. The summed E-state index contributed by atoms with van der Waals surface area (Å²) in [5.41, 5.74) is 4.55. The van der Waals surface area contributed by atoms with Crippen LogP contribution in [0.4, 0.5) is 5.69 Å². The summed E-state index contributed by atoms with van der Waals surface area (Å²) in [6, 6.07) is 10.9. The SMILES string of the molecule is O=C1CCC(N2C(=O)c3ccc(NCCCC4CC(n5cc(-c6cccc(C7CCNC7)n6)cn5)C4)cc3C2=O)C(=O)N1. The lowest BCUT2D eigenvalue weighted by Gasteiger charge is -2.35. The van der Waals surface area contributed by atoms with Gasteiger partial charge in [0.15, 0.2) is 0 Å². The molecule has 2 saturated heterocycles. The van der Waals surface area contributed by atoms with Crippen LogP contribution in [-0.4, -0.2) is 69.0 Å². The van der Waals surface area contributed by atoms with Gasteiger partial charge in [-0.3, -0.25) is 39.1 Å². The van der Waals surface area contributed by atoms with Gasteiger partial charge >= 0.3 is 0 Å². The summed E-state index contributed by atoms with van der Waals surface area (Å²) in [7, 11) is 0. The number of piperidine rings is 1. The first-order valence-electron chi connectivity index (χ1n) is 15.3. The van der Waals surface area contributed by atoms with E-state index in [9.17, 15) is 19.2 Å². The van der Waals surface area contributed by atoms with E-state index in [0.29, 0.717) is 17.9 Å². The maximum atomic E-state index is 13.1. The number of hydrogen-bond acceptors (Lipinski definition) is 8. The highest BCUT2D eigenvalue weighted by molar-refractivity contribution is 6.23. The van der Waals surface area contributed by atoms with E-state index in [4.69, 9.17) is 4.98 Å². The molecule has 3 fully saturated rings. The van der Waals surface area contributed by atoms with Gasteiger partial charge in [0.25, 0.3) is 11.8 Å². The fourth-order valence-corrected chi connectivity index (χ4v) is 6.77. The minimum atomic E-state index is -0.955. The average Bonchev–Trinajstić information content (AvgIpc) is 3.74. The van der Waals surface area contributed by atoms with Gasteiger partial charge in [0, 0.05) is 48.6 Å². The van der Waals surface area contributed by atoms with Crippen molar-refractivity contribution in [3.8, 4) is 11.3 Å². The van der Waals surface area contributed by atoms with Gasteiger partial charge in [-0.1, -0.05) is 6.07 Å². The highest BCUT2D eigenvalue weighted by Crippen LogP contribution is 2.40. The second-order valence-electron chi connectivity index (χ2n) is 12.1. The lowest BCUT2D eigenvalue weighted by atomic mass is 9.77. The first-order valence-corrected chi connectivity index (χ1v) is 15.3. The van der Waals surface area contributed by atoms with Crippen molar-refractivity contribution in [2.75, 3.05) is 25.0 Å². The van der Waals surface area contributed by atoms with Crippen molar-refractivity contribution < 1.29 is 19.2 Å². The van der Waals surface area contributed by atoms with Crippen LogP contribution in [0.5, 0.6) is 0 Å². The molecule has 2 atom stereocenters. The molecule has 11 heteroatoms. The zero-order valence-electron chi connectivity index (χ0n) is 23.9. The zero-order chi connectivity index (χ0) is 29.5. The third-order valence-corrected chi connectivity index (χ3v) is 9.29. The topological polar surface area (TPSA) is 138 Å². The average molecular weight is 582 g/mol. The third kappa shape index (κ3) is 5.33. The fourth-order valence-electron chi connectivity index (χ4n) is 6.77. The number of anilines is 1. The van der Waals surface area contributed by atoms with Crippen molar-refractivity contribution >= 4 is 29.3 Å². The Kier molecular flexibility index (Phi) is 7.26. The van der Waals surface area contributed by atoms with Crippen LogP contribution in [0.1, 0.15) is 83.3 Å². The van der Waals surface area contributed by atoms with Gasteiger partial charge in [-0.25, -0.2) is 0 Å². The maximum Gasteiger partial charge on any atom is 0.262 e. The molecule has 3 N–H and O–H groups in total. The molecule has 2 aromatic heterocycles. The minimum absolute atomic E-state index is 0.103. The molecule has 1 aromatic carbocycles. The van der Waals surface area contributed by atoms with Crippen LogP contribution >= 0.6 is 0 Å². The van der Waals surface area contributed by atoms with Gasteiger partial charge in [-0.05, 0) is 81.3 Å². The van der Waals surface area contributed by atoms with Crippen molar-refractivity contribution in [2.24, 2.45) is 5.92 Å². The number of pyridine rings is 1. The van der Waals surface area contributed by atoms with Crippen molar-refractivity contribution in [2.45, 2.75) is 62.9 Å². The lowest BCUT2D eigenvalue weighted by molar-refractivity contribution is -0.136. The molecule has 5 heterocycles. The van der Waals surface area contributed by atoms with Gasteiger partial charge in [0.05, 0.1) is 29.1 Å². The predicted molar refractivity (Wildman–Crippen MR) is 158 cm³/mol. The van der Waals surface area contributed by atoms with E-state index >= 15 is 0 Å². The molecule has 222 valence electrons. The van der Waals surface area contributed by atoms with Crippen LogP contribution in [-0.2, 0) is 9.59 Å². The normalized spacial score (nSPS) is 25.1. The van der Waals surface area contributed by atoms with Gasteiger partial charge < -0.3 is 10.6 Å². The molecule has 2 unspecified atom stereocenters. The Hall–Kier alpha value is -4.38. The number of rotatable bonds is 9. The molecule has 4 aliphatic rings. The Labute approximate surface area is 249 Å². The van der Waals surface area contributed by atoms with Gasteiger partial charge in [0.2, 0.25) is 11.8 Å². The van der Waals surface area contributed by atoms with Crippen molar-refractivity contribution in [1.29, 1.82) is 0 Å². The van der Waals surface area contributed by atoms with Gasteiger partial charge in [-0.15, -0.1) is 0 Å². The molecule has 0 spiro atoms. The summed E-state index contributed by atoms with van der Waals surface area (Å²) < 4.78 is 2.09. The summed E-state index contributed by atoms with van der Waals surface area (Å²) in [4.78, 5) is 55.6. The number of nitrogens with one attached hydrogen (secondary N) is 3. The molecule has 4 amide bonds. The number of fused-ring (bicyclic) bond motifs is 1. The van der Waals surface area contributed by atoms with E-state index in [1.807, 2.05) is 6.20 Å². The van der Waals surface area contributed by atoms with E-state index < -0.39 is 23.8 Å². The minimum Gasteiger partial charge on any atom is -0.385 e. The number of imide groups is 2.